The fraction of sp³-hybridized carbons (Fsp3) is 1.00. The first-order valence-electron chi connectivity index (χ1n) is 5.18. The van der Waals surface area contributed by atoms with Crippen LogP contribution in [-0.4, -0.2) is 70.8 Å². The van der Waals surface area contributed by atoms with Crippen LogP contribution in [0.2, 0.25) is 0 Å². The lowest BCUT2D eigenvalue weighted by Crippen LogP contribution is -2.42. The first kappa shape index (κ1) is 15.2. The summed E-state index contributed by atoms with van der Waals surface area (Å²) in [5.74, 6) is -0.102. The lowest BCUT2D eigenvalue weighted by Gasteiger charge is -2.25. The van der Waals surface area contributed by atoms with Gasteiger partial charge in [-0.15, -0.1) is 0 Å². The summed E-state index contributed by atoms with van der Waals surface area (Å²) < 4.78 is 46.6. The molecule has 1 rings (SSSR count). The van der Waals surface area contributed by atoms with Crippen molar-refractivity contribution in [2.24, 2.45) is 0 Å². The van der Waals surface area contributed by atoms with Gasteiger partial charge >= 0.3 is 0 Å². The minimum atomic E-state index is -3.88. The minimum absolute atomic E-state index is 0.0303. The van der Waals surface area contributed by atoms with Crippen molar-refractivity contribution in [1.82, 2.24) is 9.21 Å². The highest BCUT2D eigenvalue weighted by molar-refractivity contribution is 8.11. The van der Waals surface area contributed by atoms with E-state index in [1.54, 1.807) is 0 Å². The molecule has 0 radical (unpaired) electrons. The van der Waals surface area contributed by atoms with Crippen molar-refractivity contribution in [2.75, 3.05) is 38.7 Å². The van der Waals surface area contributed by atoms with Crippen molar-refractivity contribution in [3.8, 4) is 0 Å². The molecule has 17 heavy (non-hydrogen) atoms. The Labute approximate surface area is 107 Å². The average Bonchev–Trinajstić information content (AvgIpc) is 2.43. The normalized spacial score (nSPS) is 24.6. The van der Waals surface area contributed by atoms with E-state index in [-0.39, 0.29) is 18.1 Å². The summed E-state index contributed by atoms with van der Waals surface area (Å²) in [5.41, 5.74) is 0. The van der Waals surface area contributed by atoms with E-state index in [2.05, 4.69) is 0 Å². The van der Waals surface area contributed by atoms with Gasteiger partial charge in [-0.05, 0) is 20.5 Å². The summed E-state index contributed by atoms with van der Waals surface area (Å²) >= 11 is 0. The quantitative estimate of drug-likeness (QED) is 0.641. The van der Waals surface area contributed by atoms with Crippen LogP contribution in [0, 0.1) is 0 Å². The Morgan fingerprint density at radius 1 is 1.29 bits per heavy atom. The molecule has 9 heteroatoms. The Hall–Kier alpha value is 0.110. The molecule has 0 saturated carbocycles. The van der Waals surface area contributed by atoms with Gasteiger partial charge in [-0.25, -0.2) is 8.42 Å². The van der Waals surface area contributed by atoms with E-state index in [4.69, 9.17) is 10.7 Å². The molecule has 0 aliphatic carbocycles. The van der Waals surface area contributed by atoms with Crippen LogP contribution >= 0.6 is 10.7 Å². The summed E-state index contributed by atoms with van der Waals surface area (Å²) in [6, 6.07) is -0.526. The molecule has 1 unspecified atom stereocenters. The molecule has 1 heterocycles. The Morgan fingerprint density at radius 3 is 2.24 bits per heavy atom. The number of halogens is 1. The molecular formula is C8H17ClN2O4S2. The van der Waals surface area contributed by atoms with Crippen LogP contribution in [0.4, 0.5) is 0 Å². The smallest absolute Gasteiger partial charge is 0.300 e. The van der Waals surface area contributed by atoms with Gasteiger partial charge in [0.1, 0.15) is 0 Å². The molecule has 1 aliphatic rings. The number of hydrogen-bond donors (Lipinski definition) is 0. The average molecular weight is 305 g/mol. The number of likely N-dealkylation sites (N-methyl/N-ethyl adjacent to an activating group) is 1. The zero-order valence-electron chi connectivity index (χ0n) is 9.83. The van der Waals surface area contributed by atoms with Crippen molar-refractivity contribution in [3.05, 3.63) is 0 Å². The monoisotopic (exact) mass is 304 g/mol. The zero-order valence-corrected chi connectivity index (χ0v) is 12.2. The minimum Gasteiger partial charge on any atom is -0.308 e. The Bertz CT molecular complexity index is 460. The van der Waals surface area contributed by atoms with Crippen molar-refractivity contribution in [1.29, 1.82) is 0 Å². The molecule has 1 saturated heterocycles. The molecule has 1 fully saturated rings. The maximum absolute atomic E-state index is 11.4. The molecule has 6 nitrogen and oxygen atoms in total. The predicted octanol–water partition coefficient (Wildman–Crippen LogP) is -0.479. The number of rotatable bonds is 5. The first-order valence-corrected chi connectivity index (χ1v) is 9.27. The molecule has 0 aromatic heterocycles. The second-order valence-electron chi connectivity index (χ2n) is 4.41. The standard InChI is InChI=1S/C8H17ClN2O4S2/c1-10(2)4-5-11(17(9,14)15)8-3-6-16(12,13)7-8/h8H,3-7H2,1-2H3. The van der Waals surface area contributed by atoms with Crippen LogP contribution in [0.3, 0.4) is 0 Å². The van der Waals surface area contributed by atoms with Crippen LogP contribution in [0.5, 0.6) is 0 Å². The first-order chi connectivity index (χ1) is 7.62. The third kappa shape index (κ3) is 4.70. The summed E-state index contributed by atoms with van der Waals surface area (Å²) in [6.45, 7) is 0.710. The summed E-state index contributed by atoms with van der Waals surface area (Å²) in [6.07, 6.45) is 0.321. The molecule has 0 aromatic rings. The predicted molar refractivity (Wildman–Crippen MR) is 67.1 cm³/mol. The van der Waals surface area contributed by atoms with Crippen molar-refractivity contribution in [2.45, 2.75) is 12.5 Å². The van der Waals surface area contributed by atoms with E-state index in [1.807, 2.05) is 19.0 Å². The van der Waals surface area contributed by atoms with Crippen molar-refractivity contribution >= 4 is 29.8 Å². The SMILES string of the molecule is CN(C)CCN(C1CCS(=O)(=O)C1)S(=O)(=O)Cl. The van der Waals surface area contributed by atoms with Crippen LogP contribution in [-0.2, 0) is 19.1 Å². The highest BCUT2D eigenvalue weighted by Gasteiger charge is 2.37. The third-order valence-electron chi connectivity index (χ3n) is 2.66. The highest BCUT2D eigenvalue weighted by atomic mass is 35.7. The topological polar surface area (TPSA) is 74.8 Å². The molecule has 0 N–H and O–H groups in total. The van der Waals surface area contributed by atoms with Crippen LogP contribution in [0.1, 0.15) is 6.42 Å². The zero-order chi connectivity index (χ0) is 13.3. The lowest BCUT2D eigenvalue weighted by molar-refractivity contribution is 0.298. The fourth-order valence-electron chi connectivity index (χ4n) is 1.77. The van der Waals surface area contributed by atoms with Gasteiger partial charge < -0.3 is 4.90 Å². The molecule has 0 spiro atoms. The van der Waals surface area contributed by atoms with Gasteiger partial charge in [-0.3, -0.25) is 0 Å². The van der Waals surface area contributed by atoms with Crippen LogP contribution < -0.4 is 0 Å². The van der Waals surface area contributed by atoms with Gasteiger partial charge in [0, 0.05) is 29.8 Å². The Morgan fingerprint density at radius 2 is 1.88 bits per heavy atom. The van der Waals surface area contributed by atoms with Crippen molar-refractivity contribution in [3.63, 3.8) is 0 Å². The fourth-order valence-corrected chi connectivity index (χ4v) is 4.98. The number of sulfone groups is 1. The van der Waals surface area contributed by atoms with Gasteiger partial charge in [0.15, 0.2) is 9.84 Å². The summed E-state index contributed by atoms with van der Waals surface area (Å²) in [5, 5.41) is 0. The van der Waals surface area contributed by atoms with E-state index in [0.717, 1.165) is 4.31 Å². The molecule has 0 aromatic carbocycles. The van der Waals surface area contributed by atoms with Gasteiger partial charge in [-0.2, -0.15) is 12.7 Å². The number of hydrogen-bond acceptors (Lipinski definition) is 5. The van der Waals surface area contributed by atoms with E-state index in [1.165, 1.54) is 0 Å². The van der Waals surface area contributed by atoms with Gasteiger partial charge in [0.05, 0.1) is 11.5 Å². The van der Waals surface area contributed by atoms with Crippen molar-refractivity contribution < 1.29 is 16.8 Å². The molecule has 1 aliphatic heterocycles. The summed E-state index contributed by atoms with van der Waals surface area (Å²) in [7, 11) is 1.96. The van der Waals surface area contributed by atoms with E-state index in [0.29, 0.717) is 13.0 Å². The maximum atomic E-state index is 11.4. The van der Waals surface area contributed by atoms with E-state index < -0.39 is 25.1 Å². The Balaban J connectivity index is 2.79. The maximum Gasteiger partial charge on any atom is 0.300 e. The Kier molecular flexibility index (Phi) is 4.81. The lowest BCUT2D eigenvalue weighted by atomic mass is 10.2. The molecule has 0 amide bonds. The van der Waals surface area contributed by atoms with E-state index >= 15 is 0 Å². The second kappa shape index (κ2) is 5.40. The largest absolute Gasteiger partial charge is 0.308 e. The van der Waals surface area contributed by atoms with Gasteiger partial charge in [0.2, 0.25) is 0 Å². The van der Waals surface area contributed by atoms with Gasteiger partial charge in [0.25, 0.3) is 9.24 Å². The summed E-state index contributed by atoms with van der Waals surface area (Å²) in [4.78, 5) is 1.82. The van der Waals surface area contributed by atoms with Crippen LogP contribution in [0.25, 0.3) is 0 Å². The van der Waals surface area contributed by atoms with Gasteiger partial charge in [-0.1, -0.05) is 0 Å². The molecule has 0 bridgehead atoms. The van der Waals surface area contributed by atoms with Crippen LogP contribution in [0.15, 0.2) is 0 Å². The third-order valence-corrected chi connectivity index (χ3v) is 5.99. The number of nitrogens with zero attached hydrogens (tertiary/aromatic N) is 2. The second-order valence-corrected chi connectivity index (χ2v) is 9.10. The molecule has 102 valence electrons. The highest BCUT2D eigenvalue weighted by Crippen LogP contribution is 2.22. The van der Waals surface area contributed by atoms with E-state index in [9.17, 15) is 16.8 Å². The molecular weight excluding hydrogens is 288 g/mol. The molecule has 1 atom stereocenters.